The molecule has 0 aromatic heterocycles. The monoisotopic (exact) mass is 450 g/mol. The molecule has 0 bridgehead atoms. The van der Waals surface area contributed by atoms with E-state index in [0.29, 0.717) is 12.8 Å². The van der Waals surface area contributed by atoms with E-state index in [1.165, 1.54) is 70.6 Å². The van der Waals surface area contributed by atoms with Crippen LogP contribution in [0.15, 0.2) is 0 Å². The second-order valence-electron chi connectivity index (χ2n) is 9.22. The Labute approximate surface area is 187 Å². The predicted molar refractivity (Wildman–Crippen MR) is 128 cm³/mol. The van der Waals surface area contributed by atoms with Crippen LogP contribution in [0.1, 0.15) is 155 Å². The number of rotatable bonds is 23. The molecule has 0 aliphatic heterocycles. The fourth-order valence-electron chi connectivity index (χ4n) is 4.14. The Hall–Kier alpha value is -0.160. The number of alkyl halides is 1. The number of hydrogen-bond donors (Lipinski definition) is 1. The Bertz CT molecular complexity index is 467. The van der Waals surface area contributed by atoms with Gasteiger partial charge in [0.1, 0.15) is 0 Å². The summed E-state index contributed by atoms with van der Waals surface area (Å²) in [6, 6.07) is 0. The van der Waals surface area contributed by atoms with E-state index in [-0.39, 0.29) is 12.8 Å². The first-order valence-electron chi connectivity index (χ1n) is 13.0. The van der Waals surface area contributed by atoms with E-state index in [1.807, 2.05) is 0 Å². The van der Waals surface area contributed by atoms with Crippen LogP contribution in [0.25, 0.3) is 0 Å². The van der Waals surface area contributed by atoms with Crippen molar-refractivity contribution >= 4 is 10.1 Å². The average Bonchev–Trinajstić information content (AvgIpc) is 2.70. The molecule has 0 spiro atoms. The van der Waals surface area contributed by atoms with Crippen molar-refractivity contribution in [1.29, 1.82) is 0 Å². The van der Waals surface area contributed by atoms with Gasteiger partial charge in [-0.2, -0.15) is 8.42 Å². The third kappa shape index (κ3) is 16.5. The zero-order chi connectivity index (χ0) is 22.6. The highest BCUT2D eigenvalue weighted by Crippen LogP contribution is 2.32. The summed E-state index contributed by atoms with van der Waals surface area (Å²) >= 11 is 0. The average molecular weight is 451 g/mol. The van der Waals surface area contributed by atoms with Crippen molar-refractivity contribution in [2.45, 2.75) is 160 Å². The molecule has 0 saturated heterocycles. The summed E-state index contributed by atoms with van der Waals surface area (Å²) in [6.07, 6.45) is 22.6. The summed E-state index contributed by atoms with van der Waals surface area (Å²) in [7, 11) is -4.64. The molecule has 0 aliphatic rings. The van der Waals surface area contributed by atoms with Gasteiger partial charge >= 0.3 is 0 Å². The van der Waals surface area contributed by atoms with E-state index in [4.69, 9.17) is 0 Å². The van der Waals surface area contributed by atoms with Crippen LogP contribution in [0.5, 0.6) is 0 Å². The Balaban J connectivity index is 3.66. The van der Waals surface area contributed by atoms with Crippen LogP contribution in [0.3, 0.4) is 0 Å². The molecule has 0 saturated carbocycles. The molecule has 0 fully saturated rings. The smallest absolute Gasteiger partial charge is 0.283 e. The molecule has 5 heteroatoms. The normalized spacial score (nSPS) is 14.1. The second kappa shape index (κ2) is 19.5. The largest absolute Gasteiger partial charge is 0.300 e. The van der Waals surface area contributed by atoms with Crippen molar-refractivity contribution in [3.63, 3.8) is 0 Å². The molecule has 0 aliphatic carbocycles. The molecule has 0 radical (unpaired) electrons. The maximum absolute atomic E-state index is 14.8. The number of unbranched alkanes of at least 4 members (excludes halogenated alkanes) is 18. The summed E-state index contributed by atoms with van der Waals surface area (Å²) in [6.45, 7) is 4.36. The maximum atomic E-state index is 14.8. The minimum absolute atomic E-state index is 0.0716. The van der Waals surface area contributed by atoms with Gasteiger partial charge in [-0.25, -0.2) is 4.39 Å². The zero-order valence-electron chi connectivity index (χ0n) is 20.1. The van der Waals surface area contributed by atoms with Crippen molar-refractivity contribution in [2.24, 2.45) is 0 Å². The van der Waals surface area contributed by atoms with Gasteiger partial charge in [-0.05, 0) is 25.7 Å². The third-order valence-electron chi connectivity index (χ3n) is 6.27. The highest BCUT2D eigenvalue weighted by atomic mass is 32.2. The van der Waals surface area contributed by atoms with Gasteiger partial charge in [-0.3, -0.25) is 4.55 Å². The first-order chi connectivity index (χ1) is 14.4. The van der Waals surface area contributed by atoms with E-state index in [0.717, 1.165) is 44.9 Å². The van der Waals surface area contributed by atoms with Crippen molar-refractivity contribution in [3.8, 4) is 0 Å². The maximum Gasteiger partial charge on any atom is 0.300 e. The molecular formula is C25H51FO3S. The minimum Gasteiger partial charge on any atom is -0.283 e. The second-order valence-corrected chi connectivity index (χ2v) is 10.9. The van der Waals surface area contributed by atoms with E-state index < -0.39 is 15.1 Å². The highest BCUT2D eigenvalue weighted by Gasteiger charge is 2.42. The topological polar surface area (TPSA) is 54.4 Å². The summed E-state index contributed by atoms with van der Waals surface area (Å²) in [5.74, 6) is 0. The van der Waals surface area contributed by atoms with Crippen molar-refractivity contribution < 1.29 is 17.4 Å². The van der Waals surface area contributed by atoms with Crippen LogP contribution in [-0.4, -0.2) is 18.0 Å². The van der Waals surface area contributed by atoms with Gasteiger partial charge in [0.25, 0.3) is 10.1 Å². The lowest BCUT2D eigenvalue weighted by atomic mass is 10.0. The zero-order valence-corrected chi connectivity index (χ0v) is 20.9. The van der Waals surface area contributed by atoms with Gasteiger partial charge in [0.05, 0.1) is 0 Å². The van der Waals surface area contributed by atoms with Gasteiger partial charge < -0.3 is 0 Å². The molecular weight excluding hydrogens is 399 g/mol. The SMILES string of the molecule is CCCCCCCCCCCCCCCCCC(F)(CCCCCCC)S(=O)(=O)O. The molecule has 182 valence electrons. The van der Waals surface area contributed by atoms with Crippen molar-refractivity contribution in [3.05, 3.63) is 0 Å². The van der Waals surface area contributed by atoms with Gasteiger partial charge in [0.15, 0.2) is 0 Å². The fourth-order valence-corrected chi connectivity index (χ4v) is 4.94. The van der Waals surface area contributed by atoms with E-state index in [1.54, 1.807) is 0 Å². The molecule has 1 atom stereocenters. The summed E-state index contributed by atoms with van der Waals surface area (Å²) in [4.78, 5) is 0. The first kappa shape index (κ1) is 29.8. The molecule has 30 heavy (non-hydrogen) atoms. The summed E-state index contributed by atoms with van der Waals surface area (Å²) < 4.78 is 47.3. The minimum atomic E-state index is -4.64. The van der Waals surface area contributed by atoms with E-state index in [2.05, 4.69) is 13.8 Å². The van der Waals surface area contributed by atoms with Crippen LogP contribution in [-0.2, 0) is 10.1 Å². The number of hydrogen-bond acceptors (Lipinski definition) is 2. The Morgan fingerprint density at radius 2 is 0.767 bits per heavy atom. The quantitative estimate of drug-likeness (QED) is 0.125. The van der Waals surface area contributed by atoms with Crippen LogP contribution in [0, 0.1) is 0 Å². The van der Waals surface area contributed by atoms with Crippen LogP contribution in [0.4, 0.5) is 4.39 Å². The van der Waals surface area contributed by atoms with Crippen LogP contribution < -0.4 is 0 Å². The predicted octanol–water partition coefficient (Wildman–Crippen LogP) is 9.16. The fraction of sp³-hybridized carbons (Fsp3) is 1.00. The molecule has 0 heterocycles. The Kier molecular flexibility index (Phi) is 19.4. The van der Waals surface area contributed by atoms with Crippen LogP contribution >= 0.6 is 0 Å². The summed E-state index contributed by atoms with van der Waals surface area (Å²) in [5, 5.41) is -2.45. The molecule has 3 nitrogen and oxygen atoms in total. The van der Waals surface area contributed by atoms with Crippen LogP contribution in [0.2, 0.25) is 0 Å². The molecule has 0 aromatic carbocycles. The first-order valence-corrected chi connectivity index (χ1v) is 14.5. The molecule has 1 N–H and O–H groups in total. The van der Waals surface area contributed by atoms with Gasteiger partial charge in [0.2, 0.25) is 5.00 Å². The van der Waals surface area contributed by atoms with E-state index in [9.17, 15) is 17.4 Å². The Morgan fingerprint density at radius 3 is 1.00 bits per heavy atom. The number of halogens is 1. The summed E-state index contributed by atoms with van der Waals surface area (Å²) in [5.41, 5.74) is 0. The van der Waals surface area contributed by atoms with E-state index >= 15 is 0 Å². The highest BCUT2D eigenvalue weighted by molar-refractivity contribution is 7.87. The third-order valence-corrected chi connectivity index (χ3v) is 7.60. The standard InChI is InChI=1S/C25H51FO3S/c1-3-5-7-9-10-11-12-13-14-15-16-17-18-20-22-24-25(26,30(27,28)29)23-21-19-8-6-4-2/h3-24H2,1-2H3,(H,27,28,29). The van der Waals surface area contributed by atoms with Gasteiger partial charge in [-0.1, -0.05) is 129 Å². The van der Waals surface area contributed by atoms with Crippen molar-refractivity contribution in [2.75, 3.05) is 0 Å². The van der Waals surface area contributed by atoms with Gasteiger partial charge in [-0.15, -0.1) is 0 Å². The molecule has 0 amide bonds. The van der Waals surface area contributed by atoms with Gasteiger partial charge in [0, 0.05) is 0 Å². The Morgan fingerprint density at radius 1 is 0.533 bits per heavy atom. The molecule has 1 unspecified atom stereocenters. The van der Waals surface area contributed by atoms with Crippen molar-refractivity contribution in [1.82, 2.24) is 0 Å². The molecule has 0 aromatic rings. The lowest BCUT2D eigenvalue weighted by molar-refractivity contribution is 0.203. The lowest BCUT2D eigenvalue weighted by Gasteiger charge is -2.22. The lowest BCUT2D eigenvalue weighted by Crippen LogP contribution is -2.33. The molecule has 0 rings (SSSR count).